The predicted octanol–water partition coefficient (Wildman–Crippen LogP) is 5.96. The summed E-state index contributed by atoms with van der Waals surface area (Å²) >= 11 is 13.9. The molecule has 1 rings (SSSR count). The number of carbonyl (C=O) groups is 2. The summed E-state index contributed by atoms with van der Waals surface area (Å²) in [7, 11) is 0. The van der Waals surface area contributed by atoms with Gasteiger partial charge in [0.25, 0.3) is 0 Å². The van der Waals surface area contributed by atoms with Crippen molar-refractivity contribution in [2.45, 2.75) is 74.1 Å². The molecule has 3 atom stereocenters. The molecule has 7 nitrogen and oxygen atoms in total. The Labute approximate surface area is 278 Å². The number of nitrogens with two attached hydrogens (primary N) is 2. The van der Waals surface area contributed by atoms with Crippen LogP contribution in [0.5, 0.6) is 0 Å². The molecule has 0 saturated carbocycles. The second-order valence-electron chi connectivity index (χ2n) is 9.23. The van der Waals surface area contributed by atoms with E-state index in [1.54, 1.807) is 36.4 Å². The third-order valence-electron chi connectivity index (χ3n) is 5.69. The zero-order chi connectivity index (χ0) is 31.7. The molecule has 1 aromatic carbocycles. The second-order valence-corrected chi connectivity index (χ2v) is 11.8. The van der Waals surface area contributed by atoms with Crippen molar-refractivity contribution < 1.29 is 14.3 Å². The monoisotopic (exact) mass is 732 g/mol. The molecule has 0 unspecified atom stereocenters. The van der Waals surface area contributed by atoms with Crippen molar-refractivity contribution in [3.05, 3.63) is 58.6 Å². The Morgan fingerprint density at radius 2 is 1.79 bits per heavy atom. The average molecular weight is 735 g/mol. The van der Waals surface area contributed by atoms with E-state index in [0.717, 1.165) is 19.3 Å². The average Bonchev–Trinajstić information content (AvgIpc) is 3.00. The lowest BCUT2D eigenvalue weighted by molar-refractivity contribution is -0.121. The number of allylic oxidation sites excluding steroid dienone is 3. The Morgan fingerprint density at radius 3 is 2.49 bits per heavy atom. The molecular weight excluding hydrogens is 696 g/mol. The number of aliphatic imine (C=N–C) groups is 1. The van der Waals surface area contributed by atoms with Crippen LogP contribution in [0.25, 0.3) is 0 Å². The van der Waals surface area contributed by atoms with Crippen LogP contribution in [-0.4, -0.2) is 47.2 Å². The first-order valence-corrected chi connectivity index (χ1v) is 16.2. The molecule has 230 valence electrons. The number of amides is 1. The Balaban J connectivity index is 2.69. The Hall–Kier alpha value is -3.16. The fourth-order valence-electron chi connectivity index (χ4n) is 3.45. The van der Waals surface area contributed by atoms with Gasteiger partial charge in [-0.1, -0.05) is 79.8 Å². The van der Waals surface area contributed by atoms with Crippen LogP contribution >= 0.6 is 43.5 Å². The van der Waals surface area contributed by atoms with Gasteiger partial charge in [0.05, 0.1) is 15.8 Å². The van der Waals surface area contributed by atoms with E-state index < -0.39 is 22.3 Å². The van der Waals surface area contributed by atoms with Gasteiger partial charge in [-0.25, -0.2) is 4.79 Å². The van der Waals surface area contributed by atoms with E-state index in [-0.39, 0.29) is 11.9 Å². The summed E-state index contributed by atoms with van der Waals surface area (Å²) in [6, 6.07) is 8.75. The number of carbonyl (C=O) groups excluding carboxylic acids is 2. The molecular formula is C33H39Br2ClN4O3. The molecule has 0 aliphatic heterocycles. The van der Waals surface area contributed by atoms with Crippen molar-refractivity contribution in [3.63, 3.8) is 0 Å². The summed E-state index contributed by atoms with van der Waals surface area (Å²) in [4.78, 5) is 28.6. The van der Waals surface area contributed by atoms with E-state index >= 15 is 0 Å². The molecule has 10 heteroatoms. The molecule has 43 heavy (non-hydrogen) atoms. The number of guanidine groups is 1. The maximum atomic E-state index is 12.9. The third-order valence-corrected chi connectivity index (χ3v) is 8.32. The smallest absolute Gasteiger partial charge is 0.338 e. The maximum Gasteiger partial charge on any atom is 0.338 e. The summed E-state index contributed by atoms with van der Waals surface area (Å²) in [6.07, 6.45) is 15.6. The van der Waals surface area contributed by atoms with Crippen LogP contribution in [0.4, 0.5) is 0 Å². The van der Waals surface area contributed by atoms with E-state index in [1.165, 1.54) is 0 Å². The molecule has 0 radical (unpaired) electrons. The molecule has 1 aromatic rings. The molecule has 0 heterocycles. The topological polar surface area (TPSA) is 120 Å². The molecule has 0 bridgehead atoms. The van der Waals surface area contributed by atoms with E-state index in [0.29, 0.717) is 61.7 Å². The van der Waals surface area contributed by atoms with Crippen molar-refractivity contribution >= 4 is 61.3 Å². The number of hydrogen-bond donors (Lipinski definition) is 3. The Kier molecular flexibility index (Phi) is 21.4. The summed E-state index contributed by atoms with van der Waals surface area (Å²) in [6.45, 7) is 1.20. The van der Waals surface area contributed by atoms with Crippen molar-refractivity contribution in [1.29, 1.82) is 0 Å². The first kappa shape index (κ1) is 37.9. The number of unbranched alkanes of at least 4 members (excludes halogenated alkanes) is 4. The minimum atomic E-state index is -0.706. The number of halogens is 3. The van der Waals surface area contributed by atoms with Gasteiger partial charge < -0.3 is 21.5 Å². The first-order chi connectivity index (χ1) is 20.8. The van der Waals surface area contributed by atoms with Gasteiger partial charge in [0, 0.05) is 43.3 Å². The quantitative estimate of drug-likeness (QED) is 0.0456. The minimum absolute atomic E-state index is 0.00818. The number of nitrogens with zero attached hydrogens (tertiary/aromatic N) is 1. The summed E-state index contributed by atoms with van der Waals surface area (Å²) in [5.41, 5.74) is 11.0. The van der Waals surface area contributed by atoms with Crippen LogP contribution < -0.4 is 16.8 Å². The largest absolute Gasteiger partial charge is 0.452 e. The van der Waals surface area contributed by atoms with Crippen molar-refractivity contribution in [2.75, 3.05) is 13.1 Å². The predicted molar refractivity (Wildman–Crippen MR) is 184 cm³/mol. The van der Waals surface area contributed by atoms with E-state index in [4.69, 9.17) is 34.2 Å². The fraction of sp³-hybridized carbons (Fsp3) is 0.424. The third kappa shape index (κ3) is 18.9. The maximum absolute atomic E-state index is 12.9. The SMILES string of the molecule is C#CCCC#C/C=C/C#CC[C@@H](Cl)[C@H](Br)[C@H](OC(=O)c1ccccc1)/C(Br)=C/CCCC(=O)NCCCCCN=C(N)N. The summed E-state index contributed by atoms with van der Waals surface area (Å²) in [5, 5.41) is 2.46. The zero-order valence-electron chi connectivity index (χ0n) is 24.2. The van der Waals surface area contributed by atoms with Gasteiger partial charge in [0.1, 0.15) is 6.10 Å². The van der Waals surface area contributed by atoms with E-state index in [9.17, 15) is 9.59 Å². The van der Waals surface area contributed by atoms with Gasteiger partial charge in [-0.2, -0.15) is 0 Å². The van der Waals surface area contributed by atoms with Crippen LogP contribution in [0.1, 0.15) is 68.1 Å². The van der Waals surface area contributed by atoms with Gasteiger partial charge in [-0.3, -0.25) is 9.79 Å². The van der Waals surface area contributed by atoms with Crippen LogP contribution in [0.3, 0.4) is 0 Å². The number of hydrogen-bond acceptors (Lipinski definition) is 4. The Morgan fingerprint density at radius 1 is 1.07 bits per heavy atom. The number of esters is 1. The highest BCUT2D eigenvalue weighted by Gasteiger charge is 2.31. The Bertz CT molecular complexity index is 1250. The van der Waals surface area contributed by atoms with Gasteiger partial charge in [0.15, 0.2) is 5.96 Å². The van der Waals surface area contributed by atoms with Crippen LogP contribution in [0.2, 0.25) is 0 Å². The van der Waals surface area contributed by atoms with Crippen LogP contribution in [-0.2, 0) is 9.53 Å². The van der Waals surface area contributed by atoms with Crippen molar-refractivity contribution in [2.24, 2.45) is 16.5 Å². The minimum Gasteiger partial charge on any atom is -0.452 e. The summed E-state index contributed by atoms with van der Waals surface area (Å²) < 4.78 is 6.53. The molecule has 1 amide bonds. The molecule has 0 fully saturated rings. The number of terminal acetylenes is 1. The van der Waals surface area contributed by atoms with Crippen molar-refractivity contribution in [1.82, 2.24) is 5.32 Å². The standard InChI is InChI=1S/C33H39Br2ClN4O3/c1-2-3-4-5-6-7-8-9-14-22-28(36)30(35)31(43-32(42)26-19-12-10-13-20-26)27(34)21-15-16-23-29(41)39-24-17-11-18-25-40-33(37)38/h1,7-8,10,12-13,19-21,28,30-31H,3-4,11,15-18,22-25H2,(H,39,41)(H4,37,38,40)/b8-7+,27-21-/t28-,30+,31-/m1/s1. The molecule has 0 aromatic heterocycles. The molecule has 0 aliphatic carbocycles. The van der Waals surface area contributed by atoms with Crippen molar-refractivity contribution in [3.8, 4) is 36.0 Å². The molecule has 0 spiro atoms. The van der Waals surface area contributed by atoms with Crippen LogP contribution in [0, 0.1) is 36.0 Å². The number of alkyl halides is 2. The number of nitrogens with one attached hydrogen (secondary N) is 1. The lowest BCUT2D eigenvalue weighted by Gasteiger charge is -2.25. The van der Waals surface area contributed by atoms with Gasteiger partial charge in [0.2, 0.25) is 5.91 Å². The fourth-order valence-corrected chi connectivity index (χ4v) is 5.21. The summed E-state index contributed by atoms with van der Waals surface area (Å²) in [5.74, 6) is 13.9. The molecule has 5 N–H and O–H groups in total. The van der Waals surface area contributed by atoms with Crippen LogP contribution in [0.15, 0.2) is 58.0 Å². The highest BCUT2D eigenvalue weighted by atomic mass is 79.9. The zero-order valence-corrected chi connectivity index (χ0v) is 28.1. The number of rotatable bonds is 17. The molecule has 0 aliphatic rings. The first-order valence-electron chi connectivity index (χ1n) is 14.0. The lowest BCUT2D eigenvalue weighted by Crippen LogP contribution is -2.34. The number of ether oxygens (including phenoxy) is 1. The van der Waals surface area contributed by atoms with Gasteiger partial charge >= 0.3 is 5.97 Å². The highest BCUT2D eigenvalue weighted by molar-refractivity contribution is 9.12. The van der Waals surface area contributed by atoms with Gasteiger partial charge in [-0.15, -0.1) is 23.9 Å². The number of benzene rings is 1. The lowest BCUT2D eigenvalue weighted by atomic mass is 10.1. The second kappa shape index (κ2) is 24.3. The van der Waals surface area contributed by atoms with Gasteiger partial charge in [-0.05, 0) is 56.4 Å². The normalized spacial score (nSPS) is 12.8. The highest BCUT2D eigenvalue weighted by Crippen LogP contribution is 2.30. The molecule has 0 saturated heterocycles. The van der Waals surface area contributed by atoms with E-state index in [1.807, 2.05) is 12.1 Å². The van der Waals surface area contributed by atoms with E-state index in [2.05, 4.69) is 71.8 Å².